The van der Waals surface area contributed by atoms with E-state index in [-0.39, 0.29) is 19.1 Å². The second-order valence-electron chi connectivity index (χ2n) is 11.1. The zero-order chi connectivity index (χ0) is 28.0. The van der Waals surface area contributed by atoms with Crippen molar-refractivity contribution in [1.29, 1.82) is 0 Å². The molecule has 3 atom stereocenters. The van der Waals surface area contributed by atoms with Gasteiger partial charge in [-0.2, -0.15) is 0 Å². The number of carbonyl (C=O) groups is 1. The minimum Gasteiger partial charge on any atom is -0.756 e. The molecule has 37 heavy (non-hydrogen) atoms. The zero-order valence-electron chi connectivity index (χ0n) is 24.4. The van der Waals surface area contributed by atoms with Gasteiger partial charge in [0.05, 0.1) is 39.9 Å². The van der Waals surface area contributed by atoms with Crippen molar-refractivity contribution < 1.29 is 32.9 Å². The molecule has 0 aliphatic rings. The fourth-order valence-corrected chi connectivity index (χ4v) is 4.52. The third-order valence-corrected chi connectivity index (χ3v) is 7.21. The van der Waals surface area contributed by atoms with Gasteiger partial charge in [0.2, 0.25) is 5.91 Å². The molecule has 0 radical (unpaired) electrons. The number of nitrogens with one attached hydrogen (secondary N) is 1. The van der Waals surface area contributed by atoms with Crippen molar-refractivity contribution in [2.75, 3.05) is 40.9 Å². The van der Waals surface area contributed by atoms with Crippen molar-refractivity contribution in [3.63, 3.8) is 0 Å². The summed E-state index contributed by atoms with van der Waals surface area (Å²) in [7, 11) is 1.25. The lowest BCUT2D eigenvalue weighted by atomic mass is 10.1. The number of aliphatic hydroxyl groups excluding tert-OH is 1. The van der Waals surface area contributed by atoms with Crippen molar-refractivity contribution >= 4 is 13.7 Å². The van der Waals surface area contributed by atoms with Crippen molar-refractivity contribution in [2.45, 2.75) is 122 Å². The monoisotopic (exact) mass is 548 g/mol. The van der Waals surface area contributed by atoms with Crippen LogP contribution in [0.5, 0.6) is 0 Å². The number of hydrogen-bond acceptors (Lipinski definition) is 6. The molecule has 0 bridgehead atoms. The molecule has 0 aliphatic carbocycles. The molecule has 0 aromatic carbocycles. The highest BCUT2D eigenvalue weighted by atomic mass is 31.2. The molecule has 0 rings (SSSR count). The minimum atomic E-state index is -4.55. The number of amides is 1. The number of quaternary nitrogens is 1. The van der Waals surface area contributed by atoms with Crippen LogP contribution in [-0.2, 0) is 18.4 Å². The quantitative estimate of drug-likeness (QED) is 0.0676. The van der Waals surface area contributed by atoms with E-state index in [4.69, 9.17) is 9.05 Å². The molecule has 1 amide bonds. The highest BCUT2D eigenvalue weighted by molar-refractivity contribution is 7.45. The lowest BCUT2D eigenvalue weighted by molar-refractivity contribution is -0.870. The first-order valence-corrected chi connectivity index (χ1v) is 16.0. The summed E-state index contributed by atoms with van der Waals surface area (Å²) in [5.41, 5.74) is 0. The lowest BCUT2D eigenvalue weighted by Crippen LogP contribution is -2.45. The summed E-state index contributed by atoms with van der Waals surface area (Å²) < 4.78 is 22.7. The summed E-state index contributed by atoms with van der Waals surface area (Å²) in [5.74, 6) is -0.220. The highest BCUT2D eigenvalue weighted by Crippen LogP contribution is 2.38. The van der Waals surface area contributed by atoms with Gasteiger partial charge in [-0.1, -0.05) is 96.6 Å². The number of rotatable bonds is 25. The van der Waals surface area contributed by atoms with Crippen LogP contribution in [0.3, 0.4) is 0 Å². The van der Waals surface area contributed by atoms with Crippen LogP contribution in [0, 0.1) is 0 Å². The van der Waals surface area contributed by atoms with Crippen molar-refractivity contribution in [3.8, 4) is 0 Å². The summed E-state index contributed by atoms with van der Waals surface area (Å²) in [6.45, 7) is 4.45. The van der Waals surface area contributed by atoms with Gasteiger partial charge < -0.3 is 28.8 Å². The average molecular weight is 549 g/mol. The third-order valence-electron chi connectivity index (χ3n) is 6.25. The van der Waals surface area contributed by atoms with Crippen LogP contribution in [0.1, 0.15) is 110 Å². The Morgan fingerprint density at radius 3 is 2.03 bits per heavy atom. The Hall–Kier alpha value is -0.760. The van der Waals surface area contributed by atoms with Crippen LogP contribution in [0.25, 0.3) is 0 Å². The SMILES string of the molecule is CCCCCCCCCCC/C=C/C(O)C(COP(=O)([O-])OCC[N+](C)(C)C)NC(=O)CCCCCC. The molecule has 0 saturated carbocycles. The van der Waals surface area contributed by atoms with Crippen LogP contribution < -0.4 is 10.2 Å². The first-order chi connectivity index (χ1) is 17.5. The summed E-state index contributed by atoms with van der Waals surface area (Å²) >= 11 is 0. The summed E-state index contributed by atoms with van der Waals surface area (Å²) in [5, 5.41) is 13.4. The largest absolute Gasteiger partial charge is 0.756 e. The topological polar surface area (TPSA) is 108 Å². The Morgan fingerprint density at radius 2 is 1.46 bits per heavy atom. The molecule has 220 valence electrons. The molecule has 2 N–H and O–H groups in total. The number of nitrogens with zero attached hydrogens (tertiary/aromatic N) is 1. The Kier molecular flexibility index (Phi) is 21.6. The van der Waals surface area contributed by atoms with E-state index in [1.165, 1.54) is 44.9 Å². The van der Waals surface area contributed by atoms with Gasteiger partial charge in [-0.05, 0) is 19.3 Å². The van der Waals surface area contributed by atoms with E-state index < -0.39 is 20.0 Å². The van der Waals surface area contributed by atoms with Gasteiger partial charge in [-0.3, -0.25) is 9.36 Å². The molecule has 9 heteroatoms. The van der Waals surface area contributed by atoms with Crippen molar-refractivity contribution in [1.82, 2.24) is 5.32 Å². The van der Waals surface area contributed by atoms with Crippen molar-refractivity contribution in [3.05, 3.63) is 12.2 Å². The molecule has 0 aromatic heterocycles. The van der Waals surface area contributed by atoms with Crippen LogP contribution in [-0.4, -0.2) is 68.5 Å². The Morgan fingerprint density at radius 1 is 0.919 bits per heavy atom. The second kappa shape index (κ2) is 22.1. The number of carbonyl (C=O) groups excluding carboxylic acids is 1. The van der Waals surface area contributed by atoms with E-state index >= 15 is 0 Å². The van der Waals surface area contributed by atoms with E-state index in [1.807, 2.05) is 27.2 Å². The Labute approximate surface area is 227 Å². The number of phosphoric acid groups is 1. The second-order valence-corrected chi connectivity index (χ2v) is 12.5. The number of allylic oxidation sites excluding steroid dienone is 1. The van der Waals surface area contributed by atoms with Gasteiger partial charge in [0.25, 0.3) is 7.82 Å². The van der Waals surface area contributed by atoms with Gasteiger partial charge in [0.15, 0.2) is 0 Å². The fourth-order valence-electron chi connectivity index (χ4n) is 3.79. The van der Waals surface area contributed by atoms with Gasteiger partial charge in [-0.15, -0.1) is 0 Å². The number of unbranched alkanes of at least 4 members (excludes halogenated alkanes) is 12. The fraction of sp³-hybridized carbons (Fsp3) is 0.893. The average Bonchev–Trinajstić information content (AvgIpc) is 2.81. The molecule has 0 aliphatic heterocycles. The van der Waals surface area contributed by atoms with Gasteiger partial charge in [-0.25, -0.2) is 0 Å². The number of aliphatic hydroxyl groups is 1. The van der Waals surface area contributed by atoms with Crippen LogP contribution >= 0.6 is 7.82 Å². The number of phosphoric ester groups is 1. The molecular weight excluding hydrogens is 491 g/mol. The van der Waals surface area contributed by atoms with Crippen LogP contribution in [0.4, 0.5) is 0 Å². The zero-order valence-corrected chi connectivity index (χ0v) is 25.3. The molecule has 0 fully saturated rings. The molecular formula is C28H57N2O6P. The maximum atomic E-state index is 12.4. The van der Waals surface area contributed by atoms with E-state index in [1.54, 1.807) is 6.08 Å². The molecule has 0 spiro atoms. The smallest absolute Gasteiger partial charge is 0.268 e. The minimum absolute atomic E-state index is 0.0000709. The molecule has 3 unspecified atom stereocenters. The molecule has 8 nitrogen and oxygen atoms in total. The normalized spacial score (nSPS) is 15.5. The van der Waals surface area contributed by atoms with Gasteiger partial charge in [0, 0.05) is 6.42 Å². The van der Waals surface area contributed by atoms with Gasteiger partial charge >= 0.3 is 0 Å². The first kappa shape index (κ1) is 36.2. The van der Waals surface area contributed by atoms with E-state index in [0.29, 0.717) is 17.4 Å². The third kappa shape index (κ3) is 24.0. The maximum Gasteiger partial charge on any atom is 0.268 e. The van der Waals surface area contributed by atoms with Gasteiger partial charge in [0.1, 0.15) is 13.2 Å². The van der Waals surface area contributed by atoms with Crippen LogP contribution in [0.2, 0.25) is 0 Å². The molecule has 0 aromatic rings. The summed E-state index contributed by atoms with van der Waals surface area (Å²) in [4.78, 5) is 24.6. The van der Waals surface area contributed by atoms with E-state index in [9.17, 15) is 19.4 Å². The summed E-state index contributed by atoms with van der Waals surface area (Å²) in [6, 6.07) is -0.873. The number of hydrogen-bond donors (Lipinski definition) is 2. The first-order valence-electron chi connectivity index (χ1n) is 14.6. The lowest BCUT2D eigenvalue weighted by Gasteiger charge is -2.29. The Bertz CT molecular complexity index is 639. The van der Waals surface area contributed by atoms with Crippen molar-refractivity contribution in [2.24, 2.45) is 0 Å². The molecule has 0 saturated heterocycles. The standard InChI is InChI=1S/C28H57N2O6P/c1-6-8-10-12-13-14-15-16-17-18-19-21-27(31)26(29-28(32)22-20-11-9-7-2)25-36-37(33,34)35-24-23-30(3,4)5/h19,21,26-27,31H,6-18,20,22-25H2,1-5H3,(H-,29,32,33,34)/b21-19+. The maximum absolute atomic E-state index is 12.4. The Balaban J connectivity index is 4.63. The predicted molar refractivity (Wildman–Crippen MR) is 150 cm³/mol. The molecule has 0 heterocycles. The summed E-state index contributed by atoms with van der Waals surface area (Å²) in [6.07, 6.45) is 18.8. The predicted octanol–water partition coefficient (Wildman–Crippen LogP) is 5.49. The number of likely N-dealkylation sites (N-methyl/N-ethyl adjacent to an activating group) is 1. The van der Waals surface area contributed by atoms with E-state index in [0.717, 1.165) is 44.9 Å². The highest BCUT2D eigenvalue weighted by Gasteiger charge is 2.23. The van der Waals surface area contributed by atoms with Crippen LogP contribution in [0.15, 0.2) is 12.2 Å². The van der Waals surface area contributed by atoms with E-state index in [2.05, 4.69) is 19.2 Å².